The molecule has 0 spiro atoms. The second-order valence-electron chi connectivity index (χ2n) is 8.64. The molecular weight excluding hydrogens is 572 g/mol. The van der Waals surface area contributed by atoms with Gasteiger partial charge in [0.05, 0.1) is 30.4 Å². The minimum absolute atomic E-state index is 0.0293. The molecule has 1 fully saturated rings. The Morgan fingerprint density at radius 3 is 2.71 bits per heavy atom. The molecule has 1 N–H and O–H groups in total. The lowest BCUT2D eigenvalue weighted by molar-refractivity contribution is -0.144. The van der Waals surface area contributed by atoms with Crippen LogP contribution in [0.1, 0.15) is 54.9 Å². The summed E-state index contributed by atoms with van der Waals surface area (Å²) in [5.74, 6) is -0.357. The molecule has 9 heteroatoms. The molecule has 1 amide bonds. The number of hydrogen-bond donors (Lipinski definition) is 1. The number of hydrogen-bond acceptors (Lipinski definition) is 4. The average Bonchev–Trinajstić information content (AvgIpc) is 3.19. The Bertz CT molecular complexity index is 1210. The van der Waals surface area contributed by atoms with E-state index in [1.807, 2.05) is 35.6 Å². The van der Waals surface area contributed by atoms with E-state index >= 15 is 0 Å². The van der Waals surface area contributed by atoms with Crippen molar-refractivity contribution >= 4 is 57.0 Å². The molecule has 0 radical (unpaired) electrons. The number of rotatable bonds is 7. The highest BCUT2D eigenvalue weighted by Crippen LogP contribution is 2.29. The van der Waals surface area contributed by atoms with Crippen LogP contribution in [-0.4, -0.2) is 34.3 Å². The van der Waals surface area contributed by atoms with Crippen molar-refractivity contribution in [2.24, 2.45) is 5.92 Å². The Morgan fingerprint density at radius 1 is 1.24 bits per heavy atom. The van der Waals surface area contributed by atoms with Crippen LogP contribution < -0.4 is 5.32 Å². The fraction of sp³-hybridized carbons (Fsp3) is 0.400. The van der Waals surface area contributed by atoms with Crippen LogP contribution >= 0.6 is 34.2 Å². The highest BCUT2D eigenvalue weighted by atomic mass is 127. The summed E-state index contributed by atoms with van der Waals surface area (Å²) < 4.78 is 21.3. The predicted molar refractivity (Wildman–Crippen MR) is 137 cm³/mol. The van der Waals surface area contributed by atoms with Gasteiger partial charge in [-0.25, -0.2) is 4.39 Å². The van der Waals surface area contributed by atoms with E-state index in [9.17, 15) is 14.0 Å². The highest BCUT2D eigenvalue weighted by Gasteiger charge is 2.26. The summed E-state index contributed by atoms with van der Waals surface area (Å²) in [5.41, 5.74) is 1.86. The predicted octanol–water partition coefficient (Wildman–Crippen LogP) is 5.72. The van der Waals surface area contributed by atoms with E-state index in [-0.39, 0.29) is 23.7 Å². The third kappa shape index (κ3) is 5.89. The van der Waals surface area contributed by atoms with Crippen molar-refractivity contribution in [3.8, 4) is 0 Å². The Morgan fingerprint density at radius 2 is 2.00 bits per heavy atom. The number of fused-ring (bicyclic) bond motifs is 1. The molecule has 4 rings (SSSR count). The van der Waals surface area contributed by atoms with Crippen LogP contribution in [0.2, 0.25) is 5.02 Å². The summed E-state index contributed by atoms with van der Waals surface area (Å²) in [5, 5.41) is 8.78. The zero-order valence-corrected chi connectivity index (χ0v) is 21.7. The summed E-state index contributed by atoms with van der Waals surface area (Å²) in [7, 11) is 0. The molecule has 1 aromatic heterocycles. The van der Waals surface area contributed by atoms with Gasteiger partial charge in [-0.2, -0.15) is 5.10 Å². The number of ether oxygens (including phenoxy) is 1. The van der Waals surface area contributed by atoms with E-state index in [0.717, 1.165) is 36.6 Å². The van der Waals surface area contributed by atoms with E-state index in [4.69, 9.17) is 16.3 Å². The number of nitrogens with zero attached hydrogens (tertiary/aromatic N) is 2. The molecule has 0 bridgehead atoms. The largest absolute Gasteiger partial charge is 0.466 e. The average molecular weight is 598 g/mol. The SMILES string of the molecule is CCOC(=O)CC1CCC(NC(=O)c2cc(Cl)cc3cnn(Cc4ccc(I)c(F)c4)c23)CC1. The first-order valence-electron chi connectivity index (χ1n) is 11.4. The number of benzene rings is 2. The van der Waals surface area contributed by atoms with E-state index in [1.165, 1.54) is 6.07 Å². The van der Waals surface area contributed by atoms with E-state index in [0.29, 0.717) is 45.2 Å². The van der Waals surface area contributed by atoms with Gasteiger partial charge in [0.1, 0.15) is 5.82 Å². The number of nitrogens with one attached hydrogen (secondary N) is 1. The van der Waals surface area contributed by atoms with Crippen LogP contribution in [0, 0.1) is 15.3 Å². The molecule has 0 aliphatic heterocycles. The molecule has 0 unspecified atom stereocenters. The first-order chi connectivity index (χ1) is 16.3. The van der Waals surface area contributed by atoms with Crippen molar-refractivity contribution in [1.82, 2.24) is 15.1 Å². The summed E-state index contributed by atoms with van der Waals surface area (Å²) in [6.45, 7) is 2.54. The minimum atomic E-state index is -0.283. The molecular formula is C25H26ClFIN3O3. The first-order valence-corrected chi connectivity index (χ1v) is 12.8. The molecule has 0 saturated heterocycles. The van der Waals surface area contributed by atoms with Crippen LogP contribution in [0.4, 0.5) is 4.39 Å². The van der Waals surface area contributed by atoms with E-state index < -0.39 is 0 Å². The van der Waals surface area contributed by atoms with Gasteiger partial charge >= 0.3 is 5.97 Å². The van der Waals surface area contributed by atoms with Crippen molar-refractivity contribution in [2.45, 2.75) is 51.6 Å². The lowest BCUT2D eigenvalue weighted by Gasteiger charge is -2.28. The van der Waals surface area contributed by atoms with Crippen LogP contribution in [0.15, 0.2) is 36.5 Å². The van der Waals surface area contributed by atoms with Gasteiger partial charge in [-0.3, -0.25) is 14.3 Å². The summed E-state index contributed by atoms with van der Waals surface area (Å²) >= 11 is 8.25. The zero-order chi connectivity index (χ0) is 24.2. The minimum Gasteiger partial charge on any atom is -0.466 e. The van der Waals surface area contributed by atoms with Gasteiger partial charge in [-0.15, -0.1) is 0 Å². The van der Waals surface area contributed by atoms with Gasteiger partial charge in [0, 0.05) is 26.4 Å². The maximum atomic E-state index is 14.0. The van der Waals surface area contributed by atoms with Crippen molar-refractivity contribution in [3.05, 3.63) is 62.1 Å². The maximum Gasteiger partial charge on any atom is 0.306 e. The molecule has 1 heterocycles. The Balaban J connectivity index is 1.49. The standard InChI is InChI=1S/C25H26ClFIN3O3/c1-2-34-23(32)10-15-3-6-19(7-4-15)30-25(33)20-12-18(26)11-17-13-29-31(24(17)20)14-16-5-8-22(28)21(27)9-16/h5,8-9,11-13,15,19H,2-4,6-7,10,14H2,1H3,(H,30,33). The molecule has 2 aromatic carbocycles. The highest BCUT2D eigenvalue weighted by molar-refractivity contribution is 14.1. The second kappa shape index (κ2) is 11.0. The van der Waals surface area contributed by atoms with Gasteiger partial charge in [0.25, 0.3) is 5.91 Å². The quantitative estimate of drug-likeness (QED) is 0.279. The molecule has 180 valence electrons. The lowest BCUT2D eigenvalue weighted by atomic mass is 9.84. The van der Waals surface area contributed by atoms with Crippen LogP contribution in [0.25, 0.3) is 10.9 Å². The molecule has 1 saturated carbocycles. The lowest BCUT2D eigenvalue weighted by Crippen LogP contribution is -2.38. The number of halogens is 3. The summed E-state index contributed by atoms with van der Waals surface area (Å²) in [6.07, 6.45) is 5.45. The molecule has 1 aliphatic carbocycles. The number of aromatic nitrogens is 2. The Hall–Kier alpha value is -2.20. The van der Waals surface area contributed by atoms with Gasteiger partial charge < -0.3 is 10.1 Å². The zero-order valence-electron chi connectivity index (χ0n) is 18.8. The third-order valence-electron chi connectivity index (χ3n) is 6.20. The van der Waals surface area contributed by atoms with Crippen molar-refractivity contribution in [2.75, 3.05) is 6.61 Å². The normalized spacial score (nSPS) is 18.1. The van der Waals surface area contributed by atoms with E-state index in [1.54, 1.807) is 29.1 Å². The van der Waals surface area contributed by atoms with Crippen molar-refractivity contribution in [3.63, 3.8) is 0 Å². The first kappa shape index (κ1) is 24.9. The topological polar surface area (TPSA) is 73.2 Å². The molecule has 34 heavy (non-hydrogen) atoms. The molecule has 3 aromatic rings. The molecule has 6 nitrogen and oxygen atoms in total. The van der Waals surface area contributed by atoms with Gasteiger partial charge in [0.15, 0.2) is 0 Å². The molecule has 1 aliphatic rings. The van der Waals surface area contributed by atoms with E-state index in [2.05, 4.69) is 10.4 Å². The monoisotopic (exact) mass is 597 g/mol. The van der Waals surface area contributed by atoms with Crippen molar-refractivity contribution < 1.29 is 18.7 Å². The maximum absolute atomic E-state index is 14.0. The van der Waals surface area contributed by atoms with Gasteiger partial charge in [-0.1, -0.05) is 17.7 Å². The second-order valence-corrected chi connectivity index (χ2v) is 10.2. The summed E-state index contributed by atoms with van der Waals surface area (Å²) in [6, 6.07) is 8.51. The number of carbonyl (C=O) groups excluding carboxylic acids is 2. The van der Waals surface area contributed by atoms with Gasteiger partial charge in [0.2, 0.25) is 0 Å². The van der Waals surface area contributed by atoms with Gasteiger partial charge in [-0.05, 0) is 90.9 Å². The third-order valence-corrected chi connectivity index (χ3v) is 7.30. The fourth-order valence-electron chi connectivity index (χ4n) is 4.53. The Labute approximate surface area is 216 Å². The molecule has 0 atom stereocenters. The number of esters is 1. The smallest absolute Gasteiger partial charge is 0.306 e. The fourth-order valence-corrected chi connectivity index (χ4v) is 5.09. The Kier molecular flexibility index (Phi) is 8.08. The van der Waals surface area contributed by atoms with Crippen LogP contribution in [-0.2, 0) is 16.1 Å². The van der Waals surface area contributed by atoms with Crippen LogP contribution in [0.5, 0.6) is 0 Å². The van der Waals surface area contributed by atoms with Crippen LogP contribution in [0.3, 0.4) is 0 Å². The number of amides is 1. The van der Waals surface area contributed by atoms with Crippen molar-refractivity contribution in [1.29, 1.82) is 0 Å². The summed E-state index contributed by atoms with van der Waals surface area (Å²) in [4.78, 5) is 25.0. The number of carbonyl (C=O) groups is 2.